The smallest absolute Gasteiger partial charge is 0.165 e. The van der Waals surface area contributed by atoms with E-state index >= 15 is 0 Å². The van der Waals surface area contributed by atoms with Crippen molar-refractivity contribution in [1.82, 2.24) is 19.5 Å². The molecule has 0 aliphatic rings. The van der Waals surface area contributed by atoms with Gasteiger partial charge in [-0.15, -0.1) is 0 Å². The van der Waals surface area contributed by atoms with Crippen molar-refractivity contribution in [2.24, 2.45) is 7.05 Å². The van der Waals surface area contributed by atoms with Crippen molar-refractivity contribution in [2.75, 3.05) is 0 Å². The van der Waals surface area contributed by atoms with Crippen molar-refractivity contribution in [3.8, 4) is 11.4 Å². The molecule has 2 heterocycles. The fraction of sp³-hybridized carbons (Fsp3) is 0.0833. The quantitative estimate of drug-likeness (QED) is 0.642. The number of fused-ring (bicyclic) bond motifs is 1. The standard InChI is InChI=1S/C12H8Cl2N4/c1-18-11(7-4-2-3-5-8(7)13)17-9-10(14)15-6-16-12(9)18/h2-6H,1H3. The Morgan fingerprint density at radius 1 is 1.11 bits per heavy atom. The number of nitrogens with zero attached hydrogens (tertiary/aromatic N) is 4. The summed E-state index contributed by atoms with van der Waals surface area (Å²) in [4.78, 5) is 12.6. The maximum atomic E-state index is 6.18. The summed E-state index contributed by atoms with van der Waals surface area (Å²) in [5, 5.41) is 0.980. The topological polar surface area (TPSA) is 43.6 Å². The van der Waals surface area contributed by atoms with Gasteiger partial charge in [0.15, 0.2) is 10.8 Å². The minimum absolute atomic E-state index is 0.342. The summed E-state index contributed by atoms with van der Waals surface area (Å²) in [6.07, 6.45) is 1.42. The third-order valence-corrected chi connectivity index (χ3v) is 3.33. The Labute approximate surface area is 113 Å². The zero-order valence-corrected chi connectivity index (χ0v) is 10.9. The van der Waals surface area contributed by atoms with Gasteiger partial charge < -0.3 is 4.57 Å². The molecule has 0 aliphatic heterocycles. The zero-order valence-electron chi connectivity index (χ0n) is 9.43. The van der Waals surface area contributed by atoms with E-state index < -0.39 is 0 Å². The van der Waals surface area contributed by atoms with Crippen LogP contribution in [0.3, 0.4) is 0 Å². The molecule has 0 spiro atoms. The summed E-state index contributed by atoms with van der Waals surface area (Å²) < 4.78 is 1.85. The molecule has 0 N–H and O–H groups in total. The van der Waals surface area contributed by atoms with Crippen molar-refractivity contribution in [1.29, 1.82) is 0 Å². The van der Waals surface area contributed by atoms with Gasteiger partial charge in [-0.05, 0) is 12.1 Å². The van der Waals surface area contributed by atoms with Crippen LogP contribution < -0.4 is 0 Å². The first-order valence-corrected chi connectivity index (χ1v) is 6.02. The fourth-order valence-electron chi connectivity index (χ4n) is 1.86. The van der Waals surface area contributed by atoms with Gasteiger partial charge in [-0.3, -0.25) is 0 Å². The van der Waals surface area contributed by atoms with Crippen LogP contribution in [-0.4, -0.2) is 19.5 Å². The number of hydrogen-bond donors (Lipinski definition) is 0. The molecule has 2 aromatic heterocycles. The van der Waals surface area contributed by atoms with E-state index in [1.165, 1.54) is 6.33 Å². The highest BCUT2D eigenvalue weighted by Gasteiger charge is 2.15. The molecule has 4 nitrogen and oxygen atoms in total. The highest BCUT2D eigenvalue weighted by Crippen LogP contribution is 2.29. The largest absolute Gasteiger partial charge is 0.312 e. The molecule has 0 amide bonds. The molecule has 0 saturated heterocycles. The van der Waals surface area contributed by atoms with Crippen LogP contribution in [0.2, 0.25) is 10.2 Å². The molecule has 3 rings (SSSR count). The summed E-state index contributed by atoms with van der Waals surface area (Å²) in [6, 6.07) is 7.52. The number of imidazole rings is 1. The summed E-state index contributed by atoms with van der Waals surface area (Å²) >= 11 is 12.2. The second-order valence-electron chi connectivity index (χ2n) is 3.81. The van der Waals surface area contributed by atoms with Crippen LogP contribution in [0, 0.1) is 0 Å². The van der Waals surface area contributed by atoms with E-state index in [1.807, 2.05) is 35.9 Å². The van der Waals surface area contributed by atoms with Gasteiger partial charge >= 0.3 is 0 Å². The molecule has 0 aliphatic carbocycles. The number of halogens is 2. The first kappa shape index (κ1) is 11.4. The lowest BCUT2D eigenvalue weighted by atomic mass is 10.2. The Balaban J connectivity index is 2.35. The second-order valence-corrected chi connectivity index (χ2v) is 4.58. The van der Waals surface area contributed by atoms with E-state index in [1.54, 1.807) is 0 Å². The molecule has 0 radical (unpaired) electrons. The first-order valence-electron chi connectivity index (χ1n) is 5.26. The molecule has 0 atom stereocenters. The minimum atomic E-state index is 0.342. The van der Waals surface area contributed by atoms with Crippen molar-refractivity contribution in [2.45, 2.75) is 0 Å². The summed E-state index contributed by atoms with van der Waals surface area (Å²) in [5.41, 5.74) is 2.11. The highest BCUT2D eigenvalue weighted by atomic mass is 35.5. The molecule has 0 saturated carbocycles. The van der Waals surface area contributed by atoms with Gasteiger partial charge in [0.1, 0.15) is 17.7 Å². The minimum Gasteiger partial charge on any atom is -0.312 e. The van der Waals surface area contributed by atoms with E-state index in [0.717, 1.165) is 11.4 Å². The molecular formula is C12H8Cl2N4. The molecule has 90 valence electrons. The summed E-state index contributed by atoms with van der Waals surface area (Å²) in [7, 11) is 1.87. The van der Waals surface area contributed by atoms with Gasteiger partial charge in [0.2, 0.25) is 0 Å². The van der Waals surface area contributed by atoms with Gasteiger partial charge in [-0.2, -0.15) is 0 Å². The van der Waals surface area contributed by atoms with Crippen LogP contribution >= 0.6 is 23.2 Å². The molecule has 1 aromatic carbocycles. The third-order valence-electron chi connectivity index (χ3n) is 2.73. The maximum absolute atomic E-state index is 6.18. The van der Waals surface area contributed by atoms with Crippen LogP contribution in [0.5, 0.6) is 0 Å². The van der Waals surface area contributed by atoms with Crippen molar-refractivity contribution >= 4 is 34.4 Å². The Hall–Kier alpha value is -1.65. The van der Waals surface area contributed by atoms with Gasteiger partial charge in [0, 0.05) is 12.6 Å². The fourth-order valence-corrected chi connectivity index (χ4v) is 2.25. The van der Waals surface area contributed by atoms with E-state index in [-0.39, 0.29) is 0 Å². The van der Waals surface area contributed by atoms with Crippen LogP contribution in [0.25, 0.3) is 22.6 Å². The molecular weight excluding hydrogens is 271 g/mol. The lowest BCUT2D eigenvalue weighted by molar-refractivity contribution is 0.939. The van der Waals surface area contributed by atoms with Crippen molar-refractivity contribution in [3.05, 3.63) is 40.8 Å². The predicted molar refractivity (Wildman–Crippen MR) is 71.8 cm³/mol. The van der Waals surface area contributed by atoms with Gasteiger partial charge in [0.05, 0.1) is 5.02 Å². The monoisotopic (exact) mass is 278 g/mol. The van der Waals surface area contributed by atoms with Crippen LogP contribution in [-0.2, 0) is 7.05 Å². The number of hydrogen-bond acceptors (Lipinski definition) is 3. The molecule has 6 heteroatoms. The maximum Gasteiger partial charge on any atom is 0.165 e. The first-order chi connectivity index (χ1) is 8.68. The lowest BCUT2D eigenvalue weighted by Gasteiger charge is -2.03. The van der Waals surface area contributed by atoms with Crippen molar-refractivity contribution < 1.29 is 0 Å². The Bertz CT molecular complexity index is 736. The second kappa shape index (κ2) is 4.23. The van der Waals surface area contributed by atoms with Crippen molar-refractivity contribution in [3.63, 3.8) is 0 Å². The molecule has 0 unspecified atom stereocenters. The molecule has 3 aromatic rings. The lowest BCUT2D eigenvalue weighted by Crippen LogP contribution is -1.94. The Kier molecular flexibility index (Phi) is 2.69. The number of aromatic nitrogens is 4. The zero-order chi connectivity index (χ0) is 12.7. The Morgan fingerprint density at radius 3 is 2.61 bits per heavy atom. The predicted octanol–water partition coefficient (Wildman–Crippen LogP) is 3.34. The van der Waals surface area contributed by atoms with Gasteiger partial charge in [0.25, 0.3) is 0 Å². The number of rotatable bonds is 1. The summed E-state index contributed by atoms with van der Waals surface area (Å²) in [5.74, 6) is 0.720. The van der Waals surface area contributed by atoms with E-state index in [2.05, 4.69) is 15.0 Å². The molecule has 0 bridgehead atoms. The van der Waals surface area contributed by atoms with E-state index in [9.17, 15) is 0 Å². The van der Waals surface area contributed by atoms with Crippen LogP contribution in [0.4, 0.5) is 0 Å². The average molecular weight is 279 g/mol. The molecule has 18 heavy (non-hydrogen) atoms. The highest BCUT2D eigenvalue weighted by molar-refractivity contribution is 6.34. The number of aryl methyl sites for hydroxylation is 1. The van der Waals surface area contributed by atoms with E-state index in [4.69, 9.17) is 23.2 Å². The van der Waals surface area contributed by atoms with Gasteiger partial charge in [-0.1, -0.05) is 35.3 Å². The van der Waals surface area contributed by atoms with Crippen LogP contribution in [0.1, 0.15) is 0 Å². The average Bonchev–Trinajstić information content (AvgIpc) is 2.70. The van der Waals surface area contributed by atoms with E-state index in [0.29, 0.717) is 21.3 Å². The van der Waals surface area contributed by atoms with Crippen LogP contribution in [0.15, 0.2) is 30.6 Å². The third kappa shape index (κ3) is 1.65. The Morgan fingerprint density at radius 2 is 1.89 bits per heavy atom. The number of benzene rings is 1. The normalized spacial score (nSPS) is 11.1. The SMILES string of the molecule is Cn1c(-c2ccccc2Cl)nc2c(Cl)ncnc21. The summed E-state index contributed by atoms with van der Waals surface area (Å²) in [6.45, 7) is 0. The molecule has 0 fully saturated rings. The van der Waals surface area contributed by atoms with Gasteiger partial charge in [-0.25, -0.2) is 15.0 Å².